The lowest BCUT2D eigenvalue weighted by atomic mass is 10.0. The number of hydrazone groups is 1. The van der Waals surface area contributed by atoms with Crippen molar-refractivity contribution in [2.45, 2.75) is 24.7 Å². The highest BCUT2D eigenvalue weighted by atomic mass is 19.4. The summed E-state index contributed by atoms with van der Waals surface area (Å²) in [6.45, 7) is 0. The highest BCUT2D eigenvalue weighted by Crippen LogP contribution is 2.41. The maximum Gasteiger partial charge on any atom is 0.438 e. The molecular formula is C14H12F3N3O3. The fraction of sp³-hybridized carbons (Fsp3) is 0.357. The summed E-state index contributed by atoms with van der Waals surface area (Å²) >= 11 is 0. The number of nitriles is 1. The van der Waals surface area contributed by atoms with E-state index < -0.39 is 30.7 Å². The van der Waals surface area contributed by atoms with Crippen molar-refractivity contribution in [3.05, 3.63) is 29.8 Å². The molecule has 0 unspecified atom stereocenters. The highest BCUT2D eigenvalue weighted by Gasteiger charge is 2.63. The number of aliphatic hydroxyl groups is 1. The molecule has 1 heterocycles. The van der Waals surface area contributed by atoms with E-state index >= 15 is 0 Å². The first kappa shape index (κ1) is 16.8. The normalized spacial score (nSPS) is 20.9. The molecule has 0 aliphatic carbocycles. The minimum Gasteiger partial charge on any atom is -0.497 e. The van der Waals surface area contributed by atoms with Gasteiger partial charge in [0.1, 0.15) is 12.2 Å². The van der Waals surface area contributed by atoms with Crippen LogP contribution in [0.25, 0.3) is 0 Å². The van der Waals surface area contributed by atoms with E-state index in [1.807, 2.05) is 0 Å². The molecule has 122 valence electrons. The van der Waals surface area contributed by atoms with Crippen LogP contribution in [0.2, 0.25) is 0 Å². The Bertz CT molecular complexity index is 696. The van der Waals surface area contributed by atoms with Gasteiger partial charge < -0.3 is 9.84 Å². The second kappa shape index (κ2) is 5.89. The van der Waals surface area contributed by atoms with E-state index in [-0.39, 0.29) is 16.3 Å². The number of alkyl halides is 3. The Labute approximate surface area is 129 Å². The van der Waals surface area contributed by atoms with E-state index in [4.69, 9.17) is 10.00 Å². The summed E-state index contributed by atoms with van der Waals surface area (Å²) in [6.07, 6.45) is -6.88. The second-order valence-corrected chi connectivity index (χ2v) is 4.81. The lowest BCUT2D eigenvalue weighted by Gasteiger charge is -2.32. The van der Waals surface area contributed by atoms with Crippen LogP contribution in [0.3, 0.4) is 0 Å². The van der Waals surface area contributed by atoms with Crippen molar-refractivity contribution in [3.63, 3.8) is 0 Å². The first-order valence-electron chi connectivity index (χ1n) is 6.44. The van der Waals surface area contributed by atoms with Crippen molar-refractivity contribution < 1.29 is 27.8 Å². The average molecular weight is 327 g/mol. The van der Waals surface area contributed by atoms with Crippen LogP contribution in [0, 0.1) is 11.3 Å². The lowest BCUT2D eigenvalue weighted by Crippen LogP contribution is -2.56. The van der Waals surface area contributed by atoms with Gasteiger partial charge in [0.2, 0.25) is 0 Å². The zero-order valence-electron chi connectivity index (χ0n) is 12.0. The standard InChI is InChI=1S/C14H12F3N3O3/c1-23-10-4-2-3-9(7-10)11-8-13(22,14(15,16)17)20(19-11)12(21)5-6-18/h2-4,7,22H,5,8H2,1H3/t13-/m0/s1. The van der Waals surface area contributed by atoms with Crippen molar-refractivity contribution in [2.24, 2.45) is 5.10 Å². The lowest BCUT2D eigenvalue weighted by molar-refractivity contribution is -0.302. The molecule has 1 aliphatic rings. The van der Waals surface area contributed by atoms with Gasteiger partial charge in [-0.2, -0.15) is 28.5 Å². The first-order chi connectivity index (χ1) is 10.7. The summed E-state index contributed by atoms with van der Waals surface area (Å²) in [4.78, 5) is 11.7. The van der Waals surface area contributed by atoms with Crippen molar-refractivity contribution >= 4 is 11.6 Å². The van der Waals surface area contributed by atoms with Crippen LogP contribution in [0.5, 0.6) is 5.75 Å². The van der Waals surface area contributed by atoms with Crippen LogP contribution in [0.1, 0.15) is 18.4 Å². The number of benzene rings is 1. The number of carbonyl (C=O) groups is 1. The maximum absolute atomic E-state index is 13.2. The molecule has 0 spiro atoms. The fourth-order valence-electron chi connectivity index (χ4n) is 2.13. The molecule has 0 bridgehead atoms. The van der Waals surface area contributed by atoms with E-state index in [1.165, 1.54) is 25.3 Å². The van der Waals surface area contributed by atoms with Crippen molar-refractivity contribution in [2.75, 3.05) is 7.11 Å². The van der Waals surface area contributed by atoms with Gasteiger partial charge in [0.25, 0.3) is 11.6 Å². The molecular weight excluding hydrogens is 315 g/mol. The third-order valence-corrected chi connectivity index (χ3v) is 3.31. The van der Waals surface area contributed by atoms with E-state index in [2.05, 4.69) is 5.10 Å². The Morgan fingerprint density at radius 2 is 2.26 bits per heavy atom. The molecule has 1 aromatic rings. The molecule has 0 aromatic heterocycles. The third kappa shape index (κ3) is 2.98. The number of hydrogen-bond acceptors (Lipinski definition) is 5. The van der Waals surface area contributed by atoms with E-state index in [0.29, 0.717) is 5.75 Å². The summed E-state index contributed by atoms with van der Waals surface area (Å²) < 4.78 is 44.6. The SMILES string of the molecule is COc1cccc(C2=NN(C(=O)CC#N)[C@@](O)(C(F)(F)F)C2)c1. The van der Waals surface area contributed by atoms with E-state index in [1.54, 1.807) is 12.1 Å². The molecule has 1 amide bonds. The van der Waals surface area contributed by atoms with Gasteiger partial charge in [0.05, 0.1) is 25.3 Å². The largest absolute Gasteiger partial charge is 0.497 e. The Morgan fingerprint density at radius 3 is 2.83 bits per heavy atom. The predicted molar refractivity (Wildman–Crippen MR) is 72.2 cm³/mol. The van der Waals surface area contributed by atoms with Gasteiger partial charge in [-0.05, 0) is 12.1 Å². The van der Waals surface area contributed by atoms with Crippen LogP contribution in [-0.2, 0) is 4.79 Å². The van der Waals surface area contributed by atoms with Gasteiger partial charge in [-0.3, -0.25) is 4.79 Å². The number of nitrogens with zero attached hydrogens (tertiary/aromatic N) is 3. The molecule has 1 aromatic carbocycles. The van der Waals surface area contributed by atoms with Gasteiger partial charge in [-0.25, -0.2) is 0 Å². The summed E-state index contributed by atoms with van der Waals surface area (Å²) in [7, 11) is 1.39. The van der Waals surface area contributed by atoms with Gasteiger partial charge >= 0.3 is 6.18 Å². The quantitative estimate of drug-likeness (QED) is 0.917. The molecule has 2 rings (SSSR count). The molecule has 6 nitrogen and oxygen atoms in total. The van der Waals surface area contributed by atoms with Gasteiger partial charge in [0, 0.05) is 5.56 Å². The number of carbonyl (C=O) groups excluding carboxylic acids is 1. The smallest absolute Gasteiger partial charge is 0.438 e. The number of halogens is 3. The summed E-state index contributed by atoms with van der Waals surface area (Å²) in [5.41, 5.74) is -3.33. The Balaban J connectivity index is 2.45. The Hall–Kier alpha value is -2.60. The van der Waals surface area contributed by atoms with Gasteiger partial charge in [0.15, 0.2) is 0 Å². The monoisotopic (exact) mass is 327 g/mol. The van der Waals surface area contributed by atoms with Gasteiger partial charge in [-0.1, -0.05) is 12.1 Å². The number of ether oxygens (including phenoxy) is 1. The number of amides is 1. The zero-order valence-corrected chi connectivity index (χ0v) is 12.0. The molecule has 23 heavy (non-hydrogen) atoms. The zero-order chi connectivity index (χ0) is 17.3. The second-order valence-electron chi connectivity index (χ2n) is 4.81. The number of hydrogen-bond donors (Lipinski definition) is 1. The molecule has 1 aliphatic heterocycles. The van der Waals surface area contributed by atoms with Crippen LogP contribution < -0.4 is 4.74 Å². The topological polar surface area (TPSA) is 85.9 Å². The molecule has 1 atom stereocenters. The van der Waals surface area contributed by atoms with Crippen molar-refractivity contribution in [3.8, 4) is 11.8 Å². The average Bonchev–Trinajstić information content (AvgIpc) is 2.87. The Kier molecular flexibility index (Phi) is 4.29. The molecule has 0 saturated heterocycles. The minimum absolute atomic E-state index is 0.0645. The fourth-order valence-corrected chi connectivity index (χ4v) is 2.13. The molecule has 0 radical (unpaired) electrons. The summed E-state index contributed by atoms with van der Waals surface area (Å²) in [5, 5.41) is 22.0. The Morgan fingerprint density at radius 1 is 1.57 bits per heavy atom. The van der Waals surface area contributed by atoms with Crippen molar-refractivity contribution in [1.82, 2.24) is 5.01 Å². The van der Waals surface area contributed by atoms with Crippen LogP contribution >= 0.6 is 0 Å². The summed E-state index contributed by atoms with van der Waals surface area (Å²) in [6, 6.07) is 7.50. The van der Waals surface area contributed by atoms with E-state index in [9.17, 15) is 23.1 Å². The predicted octanol–water partition coefficient (Wildman–Crippen LogP) is 1.80. The first-order valence-corrected chi connectivity index (χ1v) is 6.44. The van der Waals surface area contributed by atoms with Crippen LogP contribution in [0.15, 0.2) is 29.4 Å². The number of rotatable bonds is 3. The maximum atomic E-state index is 13.2. The minimum atomic E-state index is -5.12. The van der Waals surface area contributed by atoms with Gasteiger partial charge in [-0.15, -0.1) is 0 Å². The summed E-state index contributed by atoms with van der Waals surface area (Å²) in [5.74, 6) is -0.840. The van der Waals surface area contributed by atoms with Crippen LogP contribution in [0.4, 0.5) is 13.2 Å². The third-order valence-electron chi connectivity index (χ3n) is 3.31. The molecule has 0 saturated carbocycles. The number of methoxy groups -OCH3 is 1. The van der Waals surface area contributed by atoms with E-state index in [0.717, 1.165) is 0 Å². The van der Waals surface area contributed by atoms with Crippen LogP contribution in [-0.4, -0.2) is 40.7 Å². The van der Waals surface area contributed by atoms with Crippen molar-refractivity contribution in [1.29, 1.82) is 5.26 Å². The molecule has 0 fully saturated rings. The highest BCUT2D eigenvalue weighted by molar-refractivity contribution is 6.03. The molecule has 9 heteroatoms. The molecule has 1 N–H and O–H groups in total.